The third-order valence-corrected chi connectivity index (χ3v) is 2.83. The number of hydrogen-bond acceptors (Lipinski definition) is 2. The Morgan fingerprint density at radius 1 is 1.41 bits per heavy atom. The van der Waals surface area contributed by atoms with E-state index >= 15 is 0 Å². The number of guanidine groups is 1. The lowest BCUT2D eigenvalue weighted by atomic mass is 10.2. The summed E-state index contributed by atoms with van der Waals surface area (Å²) in [6.07, 6.45) is 2.94. The molecule has 1 aromatic rings. The Hall–Kier alpha value is -1.52. The van der Waals surface area contributed by atoms with Gasteiger partial charge in [0, 0.05) is 31.9 Å². The molecule has 0 radical (unpaired) electrons. The van der Waals surface area contributed by atoms with Gasteiger partial charge >= 0.3 is 0 Å². The summed E-state index contributed by atoms with van der Waals surface area (Å²) in [4.78, 5) is 6.47. The van der Waals surface area contributed by atoms with Crippen molar-refractivity contribution >= 4 is 5.96 Å². The molecular weight excluding hydrogens is 214 g/mol. The Morgan fingerprint density at radius 3 is 2.59 bits per heavy atom. The highest BCUT2D eigenvalue weighted by Crippen LogP contribution is 2.08. The van der Waals surface area contributed by atoms with Crippen LogP contribution in [0.1, 0.15) is 32.0 Å². The van der Waals surface area contributed by atoms with E-state index < -0.39 is 0 Å². The maximum atomic E-state index is 5.93. The first kappa shape index (κ1) is 13.5. The number of hydrogen-bond donors (Lipinski definition) is 1. The van der Waals surface area contributed by atoms with E-state index in [1.807, 2.05) is 22.8 Å². The Balaban J connectivity index is 2.74. The van der Waals surface area contributed by atoms with Crippen molar-refractivity contribution < 1.29 is 0 Å². The summed E-state index contributed by atoms with van der Waals surface area (Å²) >= 11 is 0. The van der Waals surface area contributed by atoms with Crippen LogP contribution >= 0.6 is 0 Å². The van der Waals surface area contributed by atoms with Crippen molar-refractivity contribution in [3.63, 3.8) is 0 Å². The fraction of sp³-hybridized carbons (Fsp3) is 0.667. The Kier molecular flexibility index (Phi) is 5.00. The Labute approximate surface area is 103 Å². The van der Waals surface area contributed by atoms with Crippen LogP contribution in [0.2, 0.25) is 0 Å². The summed E-state index contributed by atoms with van der Waals surface area (Å²) in [6.45, 7) is 8.64. The molecule has 0 fully saturated rings. The van der Waals surface area contributed by atoms with Crippen LogP contribution in [0.5, 0.6) is 0 Å². The second kappa shape index (κ2) is 6.27. The normalized spacial score (nSPS) is 11.9. The first-order valence-corrected chi connectivity index (χ1v) is 6.18. The summed E-state index contributed by atoms with van der Waals surface area (Å²) in [5.74, 6) is 0.612. The Bertz CT molecular complexity index is 376. The monoisotopic (exact) mass is 237 g/mol. The zero-order chi connectivity index (χ0) is 12.8. The van der Waals surface area contributed by atoms with Crippen molar-refractivity contribution in [3.8, 4) is 0 Å². The molecular formula is C12H23N5. The predicted octanol–water partition coefficient (Wildman–Crippen LogP) is 1.14. The molecule has 96 valence electrons. The van der Waals surface area contributed by atoms with Gasteiger partial charge in [-0.1, -0.05) is 6.92 Å². The molecule has 0 aliphatic heterocycles. The highest BCUT2D eigenvalue weighted by atomic mass is 15.3. The van der Waals surface area contributed by atoms with E-state index in [9.17, 15) is 0 Å². The van der Waals surface area contributed by atoms with Crippen LogP contribution in [-0.4, -0.2) is 33.7 Å². The molecule has 1 heterocycles. The first-order valence-electron chi connectivity index (χ1n) is 6.18. The van der Waals surface area contributed by atoms with Crippen LogP contribution in [0.4, 0.5) is 0 Å². The summed E-state index contributed by atoms with van der Waals surface area (Å²) in [5, 5.41) is 4.39. The van der Waals surface area contributed by atoms with Gasteiger partial charge in [-0.3, -0.25) is 4.68 Å². The van der Waals surface area contributed by atoms with Gasteiger partial charge in [0.05, 0.1) is 12.2 Å². The smallest absolute Gasteiger partial charge is 0.191 e. The highest BCUT2D eigenvalue weighted by Gasteiger charge is 2.06. The van der Waals surface area contributed by atoms with Gasteiger partial charge < -0.3 is 10.6 Å². The SMILES string of the molecule is CCc1nn(C)cc1CN=C(N)N(CC)CC. The molecule has 0 bridgehead atoms. The van der Waals surface area contributed by atoms with Gasteiger partial charge in [0.15, 0.2) is 5.96 Å². The van der Waals surface area contributed by atoms with Gasteiger partial charge in [0.25, 0.3) is 0 Å². The zero-order valence-corrected chi connectivity index (χ0v) is 11.3. The van der Waals surface area contributed by atoms with Crippen molar-refractivity contribution in [1.82, 2.24) is 14.7 Å². The van der Waals surface area contributed by atoms with Crippen molar-refractivity contribution in [1.29, 1.82) is 0 Å². The Morgan fingerprint density at radius 2 is 2.06 bits per heavy atom. The van der Waals surface area contributed by atoms with Crippen LogP contribution in [-0.2, 0) is 20.0 Å². The minimum absolute atomic E-state index is 0.610. The van der Waals surface area contributed by atoms with E-state index in [1.165, 1.54) is 0 Å². The molecule has 5 nitrogen and oxygen atoms in total. The van der Waals surface area contributed by atoms with Crippen LogP contribution < -0.4 is 5.73 Å². The molecule has 0 unspecified atom stereocenters. The molecule has 0 atom stereocenters. The number of nitrogens with zero attached hydrogens (tertiary/aromatic N) is 4. The van der Waals surface area contributed by atoms with Crippen molar-refractivity contribution in [2.75, 3.05) is 13.1 Å². The highest BCUT2D eigenvalue weighted by molar-refractivity contribution is 5.78. The van der Waals surface area contributed by atoms with Crippen LogP contribution in [0.25, 0.3) is 0 Å². The average Bonchev–Trinajstić information content (AvgIpc) is 2.68. The van der Waals surface area contributed by atoms with Gasteiger partial charge in [0.1, 0.15) is 0 Å². The lowest BCUT2D eigenvalue weighted by Crippen LogP contribution is -2.37. The predicted molar refractivity (Wildman–Crippen MR) is 70.8 cm³/mol. The molecule has 1 rings (SSSR count). The topological polar surface area (TPSA) is 59.4 Å². The lowest BCUT2D eigenvalue weighted by molar-refractivity contribution is 0.458. The molecule has 0 aromatic carbocycles. The molecule has 17 heavy (non-hydrogen) atoms. The van der Waals surface area contributed by atoms with E-state index in [2.05, 4.69) is 30.9 Å². The molecule has 0 saturated heterocycles. The summed E-state index contributed by atoms with van der Waals surface area (Å²) in [7, 11) is 1.93. The van der Waals surface area contributed by atoms with Crippen LogP contribution in [0, 0.1) is 0 Å². The van der Waals surface area contributed by atoms with Gasteiger partial charge in [0.2, 0.25) is 0 Å². The molecule has 0 spiro atoms. The molecule has 2 N–H and O–H groups in total. The number of aromatic nitrogens is 2. The summed E-state index contributed by atoms with van der Waals surface area (Å²) in [5.41, 5.74) is 8.19. The van der Waals surface area contributed by atoms with Crippen LogP contribution in [0.3, 0.4) is 0 Å². The fourth-order valence-corrected chi connectivity index (χ4v) is 1.83. The second-order valence-electron chi connectivity index (χ2n) is 3.97. The molecule has 1 aromatic heterocycles. The average molecular weight is 237 g/mol. The molecule has 0 aliphatic carbocycles. The van der Waals surface area contributed by atoms with E-state index in [0.29, 0.717) is 12.5 Å². The minimum atomic E-state index is 0.610. The maximum Gasteiger partial charge on any atom is 0.191 e. The van der Waals surface area contributed by atoms with E-state index in [-0.39, 0.29) is 0 Å². The zero-order valence-electron chi connectivity index (χ0n) is 11.3. The number of aliphatic imine (C=N–C) groups is 1. The van der Waals surface area contributed by atoms with Crippen molar-refractivity contribution in [3.05, 3.63) is 17.5 Å². The quantitative estimate of drug-likeness (QED) is 0.617. The van der Waals surface area contributed by atoms with Gasteiger partial charge in [-0.15, -0.1) is 0 Å². The largest absolute Gasteiger partial charge is 0.370 e. The number of rotatable bonds is 5. The van der Waals surface area contributed by atoms with E-state index in [0.717, 1.165) is 30.8 Å². The minimum Gasteiger partial charge on any atom is -0.370 e. The van der Waals surface area contributed by atoms with Gasteiger partial charge in [-0.2, -0.15) is 5.10 Å². The third-order valence-electron chi connectivity index (χ3n) is 2.83. The van der Waals surface area contributed by atoms with Crippen molar-refractivity contribution in [2.24, 2.45) is 17.8 Å². The third kappa shape index (κ3) is 3.47. The molecule has 0 saturated carbocycles. The standard InChI is InChI=1S/C12H23N5/c1-5-11-10(9-16(4)15-11)8-14-12(13)17(6-2)7-3/h9H,5-8H2,1-4H3,(H2,13,14). The number of nitrogens with two attached hydrogens (primary N) is 1. The number of aryl methyl sites for hydroxylation is 2. The molecule has 0 aliphatic rings. The van der Waals surface area contributed by atoms with E-state index in [1.54, 1.807) is 0 Å². The molecule has 5 heteroatoms. The summed E-state index contributed by atoms with van der Waals surface area (Å²) < 4.78 is 1.83. The van der Waals surface area contributed by atoms with E-state index in [4.69, 9.17) is 5.73 Å². The molecule has 0 amide bonds. The first-order chi connectivity index (χ1) is 8.12. The summed E-state index contributed by atoms with van der Waals surface area (Å²) in [6, 6.07) is 0. The van der Waals surface area contributed by atoms with Gasteiger partial charge in [-0.05, 0) is 20.3 Å². The lowest BCUT2D eigenvalue weighted by Gasteiger charge is -2.19. The van der Waals surface area contributed by atoms with Crippen LogP contribution in [0.15, 0.2) is 11.2 Å². The second-order valence-corrected chi connectivity index (χ2v) is 3.97. The maximum absolute atomic E-state index is 5.93. The fourth-order valence-electron chi connectivity index (χ4n) is 1.83. The van der Waals surface area contributed by atoms with Gasteiger partial charge in [-0.25, -0.2) is 4.99 Å². The van der Waals surface area contributed by atoms with Crippen molar-refractivity contribution in [2.45, 2.75) is 33.7 Å².